The van der Waals surface area contributed by atoms with Crippen LogP contribution in [0.5, 0.6) is 0 Å². The van der Waals surface area contributed by atoms with Crippen LogP contribution in [0.1, 0.15) is 0 Å². The Labute approximate surface area is 107 Å². The molecule has 17 heavy (non-hydrogen) atoms. The van der Waals surface area contributed by atoms with Crippen molar-refractivity contribution in [2.75, 3.05) is 26.2 Å². The fraction of sp³-hybridized carbons (Fsp3) is 1.00. The van der Waals surface area contributed by atoms with Crippen LogP contribution in [0.3, 0.4) is 0 Å². The summed E-state index contributed by atoms with van der Waals surface area (Å²) in [5.41, 5.74) is 13.3. The van der Waals surface area contributed by atoms with Gasteiger partial charge in [-0.2, -0.15) is 26.2 Å². The summed E-state index contributed by atoms with van der Waals surface area (Å²) in [6, 6.07) is 0. The molecule has 0 spiro atoms. The Hall–Kier alpha value is -1.41. The van der Waals surface area contributed by atoms with Crippen molar-refractivity contribution < 1.29 is 16.8 Å². The molecule has 0 atom stereocenters. The van der Waals surface area contributed by atoms with Crippen molar-refractivity contribution in [3.63, 3.8) is 0 Å². The van der Waals surface area contributed by atoms with E-state index in [1.54, 1.807) is 0 Å². The largest absolute Gasteiger partial charge is 3.00 e. The molecular formula is C4H10CoN6O6-3. The van der Waals surface area contributed by atoms with Gasteiger partial charge in [-0.1, -0.05) is 0 Å². The molecule has 0 saturated carbocycles. The Bertz CT molecular complexity index is 113. The third-order valence-electron chi connectivity index (χ3n) is 0.540. The molecule has 0 aromatic carbocycles. The molecule has 13 heteroatoms. The summed E-state index contributed by atoms with van der Waals surface area (Å²) in [6.07, 6.45) is 0. The molecule has 0 radical (unpaired) electrons. The molecule has 0 aliphatic carbocycles. The van der Waals surface area contributed by atoms with Gasteiger partial charge in [-0.15, -0.1) is 16.0 Å². The van der Waals surface area contributed by atoms with E-state index in [4.69, 9.17) is 41.8 Å². The second kappa shape index (κ2) is 62.1. The van der Waals surface area contributed by atoms with Gasteiger partial charge in [0.15, 0.2) is 0 Å². The van der Waals surface area contributed by atoms with Gasteiger partial charge in [-0.25, -0.2) is 0 Å². The molecule has 0 amide bonds. The van der Waals surface area contributed by atoms with Crippen LogP contribution in [0.4, 0.5) is 0 Å². The van der Waals surface area contributed by atoms with Gasteiger partial charge in [-0.05, 0) is 0 Å². The van der Waals surface area contributed by atoms with Crippen LogP contribution in [0.25, 0.3) is 16.8 Å². The molecule has 12 nitrogen and oxygen atoms in total. The summed E-state index contributed by atoms with van der Waals surface area (Å²) in [6.45, 7) is 1.91. The normalized spacial score (nSPS) is 6.00. The monoisotopic (exact) mass is 297 g/mol. The zero-order valence-electron chi connectivity index (χ0n) is 8.40. The van der Waals surface area contributed by atoms with E-state index < -0.39 is 0 Å². The first-order valence-corrected chi connectivity index (χ1v) is 3.44. The van der Waals surface area contributed by atoms with Crippen LogP contribution in [0.2, 0.25) is 0 Å². The van der Waals surface area contributed by atoms with Crippen LogP contribution in [0, 0.1) is 30.3 Å². The summed E-state index contributed by atoms with van der Waals surface area (Å²) in [5.74, 6) is 0. The smallest absolute Gasteiger partial charge is 0.679 e. The van der Waals surface area contributed by atoms with Gasteiger partial charge in [0.2, 0.25) is 0 Å². The molecule has 0 saturated heterocycles. The topological polar surface area (TPSA) is 219 Å². The first-order chi connectivity index (χ1) is 7.66. The Kier molecular flexibility index (Phi) is 108. The van der Waals surface area contributed by atoms with E-state index in [1.807, 2.05) is 0 Å². The van der Waals surface area contributed by atoms with Crippen LogP contribution < -0.4 is 0 Å². The Morgan fingerprint density at radius 2 is 1.00 bits per heavy atom. The molecule has 0 aromatic rings. The Morgan fingerprint density at radius 3 is 1.12 bits per heavy atom. The molecule has 0 fully saturated rings. The first kappa shape index (κ1) is 29.6. The van der Waals surface area contributed by atoms with Crippen molar-refractivity contribution in [1.82, 2.24) is 0 Å². The average molecular weight is 297 g/mol. The molecule has 104 valence electrons. The quantitative estimate of drug-likeness (QED) is 0.429. The van der Waals surface area contributed by atoms with Crippen molar-refractivity contribution in [2.45, 2.75) is 0 Å². The minimum Gasteiger partial charge on any atom is -0.679 e. The van der Waals surface area contributed by atoms with E-state index in [1.165, 1.54) is 0 Å². The second-order valence-corrected chi connectivity index (χ2v) is 1.39. The maximum atomic E-state index is 8.00. The second-order valence-electron chi connectivity index (χ2n) is 1.39. The van der Waals surface area contributed by atoms with E-state index in [0.29, 0.717) is 26.2 Å². The Morgan fingerprint density at radius 1 is 0.824 bits per heavy atom. The summed E-state index contributed by atoms with van der Waals surface area (Å²) in [7, 11) is 0. The summed E-state index contributed by atoms with van der Waals surface area (Å²) < 4.78 is 0. The van der Waals surface area contributed by atoms with Crippen molar-refractivity contribution in [1.29, 1.82) is 0 Å². The van der Waals surface area contributed by atoms with Gasteiger partial charge >= 0.3 is 16.8 Å². The van der Waals surface area contributed by atoms with Gasteiger partial charge in [-0.3, -0.25) is 0 Å². The summed E-state index contributed by atoms with van der Waals surface area (Å²) in [4.78, 5) is 24.0. The molecule has 0 bridgehead atoms. The van der Waals surface area contributed by atoms with Gasteiger partial charge in [0, 0.05) is 0 Å². The molecule has 2 N–H and O–H groups in total. The van der Waals surface area contributed by atoms with Gasteiger partial charge in [0.05, 0.1) is 0 Å². The van der Waals surface area contributed by atoms with Crippen LogP contribution in [-0.2, 0) is 16.8 Å². The summed E-state index contributed by atoms with van der Waals surface area (Å²) >= 11 is 0. The maximum absolute atomic E-state index is 8.00. The predicted octanol–water partition coefficient (Wildman–Crippen LogP) is 2.21. The van der Waals surface area contributed by atoms with Crippen LogP contribution in [0.15, 0.2) is 16.0 Å². The predicted molar refractivity (Wildman–Crippen MR) is 59.0 cm³/mol. The number of hydrogen-bond acceptors (Lipinski definition) is 9. The average Bonchev–Trinajstić information content (AvgIpc) is 2.22. The van der Waals surface area contributed by atoms with E-state index in [0.717, 1.165) is 16.0 Å². The number of nitrogens with one attached hydrogen (secondary N) is 2. The molecule has 0 rings (SSSR count). The molecule has 0 aliphatic rings. The Balaban J connectivity index is -0.0000000411. The number of nitrogens with zero attached hydrogens (tertiary/aromatic N) is 4. The van der Waals surface area contributed by atoms with Crippen LogP contribution in [-0.4, -0.2) is 26.2 Å². The summed E-state index contributed by atoms with van der Waals surface area (Å²) in [5, 5.41) is 30.8. The molecular weight excluding hydrogens is 287 g/mol. The third-order valence-corrected chi connectivity index (χ3v) is 0.540. The number of hydrogen-bond donors (Lipinski definition) is 0. The molecule has 0 aliphatic heterocycles. The van der Waals surface area contributed by atoms with Gasteiger partial charge in [0.25, 0.3) is 0 Å². The van der Waals surface area contributed by atoms with E-state index >= 15 is 0 Å². The number of rotatable bonds is 4. The van der Waals surface area contributed by atoms with Gasteiger partial charge in [0.1, 0.15) is 0 Å². The van der Waals surface area contributed by atoms with Crippen molar-refractivity contribution in [3.05, 3.63) is 47.1 Å². The van der Waals surface area contributed by atoms with Crippen molar-refractivity contribution in [3.8, 4) is 0 Å². The third kappa shape index (κ3) is 345. The van der Waals surface area contributed by atoms with E-state index in [-0.39, 0.29) is 16.8 Å². The standard InChI is InChI=1S/C4H10N3.Co.3HNO2/c5-1-3-7-4-2-6;;3*2-1-3/h5-6H,1-4H2;;3*(H,2,3)/q-3;+3;;;/p-3. The molecule has 0 unspecified atom stereocenters. The SMILES string of the molecule is O=N[O-].O=N[O-].O=N[O-].[Co+3].[NH-]CC[N-]CC[NH-]. The maximum Gasteiger partial charge on any atom is 3.00 e. The molecule has 0 aromatic heterocycles. The van der Waals surface area contributed by atoms with Crippen molar-refractivity contribution >= 4 is 0 Å². The zero-order valence-corrected chi connectivity index (χ0v) is 9.44. The molecule has 0 heterocycles. The fourth-order valence-electron chi connectivity index (χ4n) is 0.270. The van der Waals surface area contributed by atoms with Gasteiger partial charge < -0.3 is 47.1 Å². The minimum absolute atomic E-state index is 0. The fourth-order valence-corrected chi connectivity index (χ4v) is 0.270. The van der Waals surface area contributed by atoms with Crippen LogP contribution >= 0.6 is 0 Å². The first-order valence-electron chi connectivity index (χ1n) is 3.44. The van der Waals surface area contributed by atoms with Crippen molar-refractivity contribution in [2.24, 2.45) is 16.0 Å². The zero-order chi connectivity index (χ0) is 13.7. The van der Waals surface area contributed by atoms with E-state index in [2.05, 4.69) is 5.32 Å². The van der Waals surface area contributed by atoms with E-state index in [9.17, 15) is 0 Å². The minimum atomic E-state index is 0.